The average molecular weight is 364 g/mol. The lowest BCUT2D eigenvalue weighted by atomic mass is 9.87. The lowest BCUT2D eigenvalue weighted by molar-refractivity contribution is 1.41. The molecule has 0 saturated carbocycles. The summed E-state index contributed by atoms with van der Waals surface area (Å²) >= 11 is 0. The standard InChI is InChI=1S/C26H24N2/c1-17-13-15-21(19-9-5-3-6-10-19)25(27)23(17)24-18(2)14-16-22(26(24)28)20-11-7-4-8-12-20/h3-16H,27-28H2,1-2H3. The molecule has 0 aliphatic heterocycles. The zero-order chi connectivity index (χ0) is 19.7. The number of aryl methyl sites for hydroxylation is 2. The van der Waals surface area contributed by atoms with E-state index in [-0.39, 0.29) is 0 Å². The summed E-state index contributed by atoms with van der Waals surface area (Å²) in [7, 11) is 0. The molecule has 0 bridgehead atoms. The highest BCUT2D eigenvalue weighted by Gasteiger charge is 2.18. The number of nitrogens with two attached hydrogens (primary N) is 2. The fourth-order valence-corrected chi connectivity index (χ4v) is 3.86. The largest absolute Gasteiger partial charge is 0.398 e. The van der Waals surface area contributed by atoms with Gasteiger partial charge in [-0.1, -0.05) is 84.9 Å². The minimum Gasteiger partial charge on any atom is -0.398 e. The van der Waals surface area contributed by atoms with Gasteiger partial charge in [0.1, 0.15) is 0 Å². The first-order valence-electron chi connectivity index (χ1n) is 9.47. The van der Waals surface area contributed by atoms with Crippen LogP contribution in [0.25, 0.3) is 33.4 Å². The summed E-state index contributed by atoms with van der Waals surface area (Å²) in [6.45, 7) is 4.18. The molecular formula is C26H24N2. The van der Waals surface area contributed by atoms with Gasteiger partial charge in [-0.2, -0.15) is 0 Å². The third-order valence-corrected chi connectivity index (χ3v) is 5.33. The van der Waals surface area contributed by atoms with Crippen LogP contribution in [0.2, 0.25) is 0 Å². The Hall–Kier alpha value is -3.52. The van der Waals surface area contributed by atoms with Gasteiger partial charge in [0, 0.05) is 33.6 Å². The van der Waals surface area contributed by atoms with Crippen molar-refractivity contribution in [2.45, 2.75) is 13.8 Å². The maximum atomic E-state index is 6.72. The maximum absolute atomic E-state index is 6.72. The molecule has 2 heteroatoms. The topological polar surface area (TPSA) is 52.0 Å². The van der Waals surface area contributed by atoms with Crippen molar-refractivity contribution >= 4 is 11.4 Å². The summed E-state index contributed by atoms with van der Waals surface area (Å²) in [4.78, 5) is 0. The molecule has 0 unspecified atom stereocenters. The second kappa shape index (κ2) is 7.24. The van der Waals surface area contributed by atoms with Crippen molar-refractivity contribution in [1.82, 2.24) is 0 Å². The van der Waals surface area contributed by atoms with E-state index in [2.05, 4.69) is 62.4 Å². The summed E-state index contributed by atoms with van der Waals surface area (Å²) in [5, 5.41) is 0. The lowest BCUT2D eigenvalue weighted by Crippen LogP contribution is -2.02. The second-order valence-corrected chi connectivity index (χ2v) is 7.17. The van der Waals surface area contributed by atoms with Gasteiger partial charge in [-0.15, -0.1) is 0 Å². The van der Waals surface area contributed by atoms with Gasteiger partial charge >= 0.3 is 0 Å². The van der Waals surface area contributed by atoms with Crippen LogP contribution in [0.15, 0.2) is 84.9 Å². The van der Waals surface area contributed by atoms with Crippen LogP contribution in [0.4, 0.5) is 11.4 Å². The molecule has 0 spiro atoms. The average Bonchev–Trinajstić information content (AvgIpc) is 2.72. The van der Waals surface area contributed by atoms with Crippen LogP contribution in [0.1, 0.15) is 11.1 Å². The molecule has 0 atom stereocenters. The van der Waals surface area contributed by atoms with Crippen molar-refractivity contribution in [3.05, 3.63) is 96.1 Å². The van der Waals surface area contributed by atoms with E-state index in [1.165, 1.54) is 0 Å². The quantitative estimate of drug-likeness (QED) is 0.409. The van der Waals surface area contributed by atoms with Crippen LogP contribution in [0, 0.1) is 13.8 Å². The van der Waals surface area contributed by atoms with Gasteiger partial charge < -0.3 is 11.5 Å². The van der Waals surface area contributed by atoms with Crippen molar-refractivity contribution in [2.75, 3.05) is 11.5 Å². The molecule has 0 amide bonds. The predicted octanol–water partition coefficient (Wildman–Crippen LogP) is 6.47. The van der Waals surface area contributed by atoms with Gasteiger partial charge in [-0.25, -0.2) is 0 Å². The molecule has 0 saturated heterocycles. The zero-order valence-electron chi connectivity index (χ0n) is 16.2. The van der Waals surface area contributed by atoms with E-state index in [1.54, 1.807) is 0 Å². The second-order valence-electron chi connectivity index (χ2n) is 7.17. The molecule has 0 fully saturated rings. The van der Waals surface area contributed by atoms with Gasteiger partial charge in [0.2, 0.25) is 0 Å². The van der Waals surface area contributed by atoms with Crippen LogP contribution in [0.3, 0.4) is 0 Å². The van der Waals surface area contributed by atoms with E-state index >= 15 is 0 Å². The molecule has 4 rings (SSSR count). The van der Waals surface area contributed by atoms with Crippen molar-refractivity contribution in [3.63, 3.8) is 0 Å². The summed E-state index contributed by atoms with van der Waals surface area (Å²) in [6.07, 6.45) is 0. The first-order valence-corrected chi connectivity index (χ1v) is 9.47. The fraction of sp³-hybridized carbons (Fsp3) is 0.0769. The van der Waals surface area contributed by atoms with Crippen LogP contribution >= 0.6 is 0 Å². The van der Waals surface area contributed by atoms with Crippen molar-refractivity contribution < 1.29 is 0 Å². The predicted molar refractivity (Wildman–Crippen MR) is 121 cm³/mol. The SMILES string of the molecule is Cc1ccc(-c2ccccc2)c(N)c1-c1c(C)ccc(-c2ccccc2)c1N. The third kappa shape index (κ3) is 3.03. The first-order chi connectivity index (χ1) is 13.6. The Morgan fingerprint density at radius 3 is 1.18 bits per heavy atom. The van der Waals surface area contributed by atoms with Gasteiger partial charge in [0.05, 0.1) is 0 Å². The lowest BCUT2D eigenvalue weighted by Gasteiger charge is -2.20. The Morgan fingerprint density at radius 2 is 0.821 bits per heavy atom. The normalized spacial score (nSPS) is 10.8. The van der Waals surface area contributed by atoms with Crippen LogP contribution in [0.5, 0.6) is 0 Å². The molecule has 0 radical (unpaired) electrons. The molecule has 4 aromatic carbocycles. The van der Waals surface area contributed by atoms with Gasteiger partial charge in [0.15, 0.2) is 0 Å². The van der Waals surface area contributed by atoms with E-state index < -0.39 is 0 Å². The smallest absolute Gasteiger partial charge is 0.0476 e. The summed E-state index contributed by atoms with van der Waals surface area (Å²) < 4.78 is 0. The minimum absolute atomic E-state index is 0.770. The summed E-state index contributed by atoms with van der Waals surface area (Å²) in [6, 6.07) is 28.9. The Bertz CT molecular complexity index is 1040. The number of hydrogen-bond donors (Lipinski definition) is 2. The zero-order valence-corrected chi connectivity index (χ0v) is 16.2. The van der Waals surface area contributed by atoms with Crippen molar-refractivity contribution in [3.8, 4) is 33.4 Å². The number of hydrogen-bond acceptors (Lipinski definition) is 2. The molecule has 4 aromatic rings. The Labute approximate surface area is 166 Å². The van der Waals surface area contributed by atoms with E-state index in [0.717, 1.165) is 55.9 Å². The minimum atomic E-state index is 0.770. The fourth-order valence-electron chi connectivity index (χ4n) is 3.86. The summed E-state index contributed by atoms with van der Waals surface area (Å²) in [5.41, 5.74) is 23.5. The first kappa shape index (κ1) is 17.9. The highest BCUT2D eigenvalue weighted by molar-refractivity contribution is 5.99. The van der Waals surface area contributed by atoms with E-state index in [9.17, 15) is 0 Å². The van der Waals surface area contributed by atoms with Crippen molar-refractivity contribution in [1.29, 1.82) is 0 Å². The highest BCUT2D eigenvalue weighted by Crippen LogP contribution is 2.44. The van der Waals surface area contributed by atoms with Crippen LogP contribution < -0.4 is 11.5 Å². The summed E-state index contributed by atoms with van der Waals surface area (Å²) in [5.74, 6) is 0. The van der Waals surface area contributed by atoms with Gasteiger partial charge in [0.25, 0.3) is 0 Å². The van der Waals surface area contributed by atoms with Crippen LogP contribution in [-0.4, -0.2) is 0 Å². The van der Waals surface area contributed by atoms with E-state index in [1.807, 2.05) is 36.4 Å². The molecular weight excluding hydrogens is 340 g/mol. The number of rotatable bonds is 3. The molecule has 28 heavy (non-hydrogen) atoms. The molecule has 0 aromatic heterocycles. The van der Waals surface area contributed by atoms with Gasteiger partial charge in [-0.05, 0) is 36.1 Å². The molecule has 2 nitrogen and oxygen atoms in total. The monoisotopic (exact) mass is 364 g/mol. The van der Waals surface area contributed by atoms with E-state index in [4.69, 9.17) is 11.5 Å². The molecule has 0 heterocycles. The molecule has 0 aliphatic carbocycles. The molecule has 138 valence electrons. The van der Waals surface area contributed by atoms with E-state index in [0.29, 0.717) is 0 Å². The number of benzene rings is 4. The molecule has 0 aliphatic rings. The highest BCUT2D eigenvalue weighted by atomic mass is 14.6. The number of anilines is 2. The Balaban J connectivity index is 1.98. The molecule has 4 N–H and O–H groups in total. The number of nitrogen functional groups attached to an aromatic ring is 2. The van der Waals surface area contributed by atoms with Crippen LogP contribution in [-0.2, 0) is 0 Å². The third-order valence-electron chi connectivity index (χ3n) is 5.33. The Morgan fingerprint density at radius 1 is 0.464 bits per heavy atom. The Kier molecular flexibility index (Phi) is 4.62. The van der Waals surface area contributed by atoms with Gasteiger partial charge in [-0.3, -0.25) is 0 Å². The van der Waals surface area contributed by atoms with Crippen molar-refractivity contribution in [2.24, 2.45) is 0 Å². The maximum Gasteiger partial charge on any atom is 0.0476 e.